The fraction of sp³-hybridized carbons (Fsp3) is 0.385. The molecule has 1 aliphatic rings. The van der Waals surface area contributed by atoms with E-state index in [9.17, 15) is 5.11 Å². The molecule has 2 heterocycles. The third kappa shape index (κ3) is 3.49. The van der Waals surface area contributed by atoms with E-state index in [0.29, 0.717) is 36.1 Å². The van der Waals surface area contributed by atoms with Crippen LogP contribution in [0.25, 0.3) is 0 Å². The van der Waals surface area contributed by atoms with Gasteiger partial charge in [-0.05, 0) is 24.1 Å². The summed E-state index contributed by atoms with van der Waals surface area (Å²) in [6.45, 7) is 0.569. The van der Waals surface area contributed by atoms with Gasteiger partial charge in [0.1, 0.15) is 0 Å². The number of nitrogens with zero attached hydrogens (tertiary/aromatic N) is 2. The van der Waals surface area contributed by atoms with Crippen LogP contribution < -0.4 is 5.32 Å². The Hall–Kier alpha value is -1.14. The molecule has 3 rings (SSSR count). The Labute approximate surface area is 127 Å². The van der Waals surface area contributed by atoms with Gasteiger partial charge in [0.2, 0.25) is 5.89 Å². The molecule has 20 heavy (non-hydrogen) atoms. The van der Waals surface area contributed by atoms with Gasteiger partial charge in [-0.3, -0.25) is 0 Å². The highest BCUT2D eigenvalue weighted by Gasteiger charge is 2.27. The van der Waals surface area contributed by atoms with Crippen molar-refractivity contribution in [2.45, 2.75) is 25.0 Å². The molecule has 1 aliphatic heterocycles. The average Bonchev–Trinajstić information content (AvgIpc) is 3.01. The number of benzene rings is 1. The topological polar surface area (TPSA) is 71.2 Å². The van der Waals surface area contributed by atoms with E-state index < -0.39 is 0 Å². The van der Waals surface area contributed by atoms with Crippen molar-refractivity contribution in [3.05, 3.63) is 46.6 Å². The van der Waals surface area contributed by atoms with Crippen molar-refractivity contribution < 1.29 is 9.63 Å². The fourth-order valence-electron chi connectivity index (χ4n) is 2.17. The Bertz CT molecular complexity index is 559. The zero-order valence-corrected chi connectivity index (χ0v) is 12.2. The van der Waals surface area contributed by atoms with Crippen LogP contribution in [0.4, 0.5) is 0 Å². The van der Waals surface area contributed by atoms with Crippen LogP contribution in [-0.2, 0) is 6.42 Å². The van der Waals surface area contributed by atoms with Gasteiger partial charge >= 0.3 is 0 Å². The molecule has 1 fully saturated rings. The molecule has 5 nitrogen and oxygen atoms in total. The van der Waals surface area contributed by atoms with Crippen LogP contribution in [0.3, 0.4) is 0 Å². The molecule has 0 aliphatic carbocycles. The van der Waals surface area contributed by atoms with Crippen LogP contribution in [0, 0.1) is 0 Å². The molecular weight excluding hydrogens is 301 g/mol. The number of nitrogens with one attached hydrogen (secondary N) is 1. The maximum atomic E-state index is 9.46. The summed E-state index contributed by atoms with van der Waals surface area (Å²) in [5.41, 5.74) is 1.08. The van der Waals surface area contributed by atoms with Crippen LogP contribution in [0.15, 0.2) is 28.8 Å². The first-order valence-corrected chi connectivity index (χ1v) is 6.57. The summed E-state index contributed by atoms with van der Waals surface area (Å²) in [5, 5.41) is 17.3. The van der Waals surface area contributed by atoms with Crippen molar-refractivity contribution in [3.8, 4) is 0 Å². The van der Waals surface area contributed by atoms with Crippen LogP contribution in [0.2, 0.25) is 5.02 Å². The molecule has 0 amide bonds. The largest absolute Gasteiger partial charge is 0.392 e. The smallest absolute Gasteiger partial charge is 0.243 e. The second-order valence-electron chi connectivity index (χ2n) is 4.70. The molecular formula is C13H15Cl2N3O2. The molecule has 0 radical (unpaired) electrons. The van der Waals surface area contributed by atoms with E-state index in [-0.39, 0.29) is 24.6 Å². The first kappa shape index (κ1) is 15.3. The third-order valence-electron chi connectivity index (χ3n) is 3.17. The van der Waals surface area contributed by atoms with Gasteiger partial charge in [0.05, 0.1) is 12.1 Å². The SMILES string of the molecule is Cl.O[C@@H]1CN[C@@H](c2nc(Cc3ccc(Cl)cc3)no2)C1. The number of aliphatic hydroxyl groups excluding tert-OH is 1. The number of hydrogen-bond acceptors (Lipinski definition) is 5. The number of aliphatic hydroxyl groups is 1. The minimum Gasteiger partial charge on any atom is -0.392 e. The number of hydrogen-bond donors (Lipinski definition) is 2. The third-order valence-corrected chi connectivity index (χ3v) is 3.42. The number of rotatable bonds is 3. The highest BCUT2D eigenvalue weighted by molar-refractivity contribution is 6.30. The van der Waals surface area contributed by atoms with Crippen molar-refractivity contribution in [1.29, 1.82) is 0 Å². The lowest BCUT2D eigenvalue weighted by Gasteiger charge is -2.01. The quantitative estimate of drug-likeness (QED) is 0.908. The minimum absolute atomic E-state index is 0. The Kier molecular flexibility index (Phi) is 4.99. The van der Waals surface area contributed by atoms with Crippen molar-refractivity contribution in [2.24, 2.45) is 0 Å². The highest BCUT2D eigenvalue weighted by atomic mass is 35.5. The predicted molar refractivity (Wildman–Crippen MR) is 77.2 cm³/mol. The minimum atomic E-state index is -0.336. The molecule has 1 aromatic heterocycles. The summed E-state index contributed by atoms with van der Waals surface area (Å²) in [6, 6.07) is 7.52. The molecule has 2 N–H and O–H groups in total. The number of aromatic nitrogens is 2. The maximum Gasteiger partial charge on any atom is 0.243 e. The lowest BCUT2D eigenvalue weighted by atomic mass is 10.1. The molecule has 7 heteroatoms. The van der Waals surface area contributed by atoms with Crippen LogP contribution >= 0.6 is 24.0 Å². The molecule has 108 valence electrons. The molecule has 0 bridgehead atoms. The molecule has 0 saturated carbocycles. The second-order valence-corrected chi connectivity index (χ2v) is 5.14. The van der Waals surface area contributed by atoms with Crippen molar-refractivity contribution >= 4 is 24.0 Å². The zero-order valence-electron chi connectivity index (χ0n) is 10.6. The van der Waals surface area contributed by atoms with Gasteiger partial charge in [-0.15, -0.1) is 12.4 Å². The fourth-order valence-corrected chi connectivity index (χ4v) is 2.30. The maximum absolute atomic E-state index is 9.46. The lowest BCUT2D eigenvalue weighted by molar-refractivity contribution is 0.191. The molecule has 0 unspecified atom stereocenters. The average molecular weight is 316 g/mol. The first-order chi connectivity index (χ1) is 9.20. The van der Waals surface area contributed by atoms with Crippen LogP contribution in [-0.4, -0.2) is 27.9 Å². The zero-order chi connectivity index (χ0) is 13.2. The Balaban J connectivity index is 0.00000147. The predicted octanol–water partition coefficient (Wildman–Crippen LogP) is 2.13. The highest BCUT2D eigenvalue weighted by Crippen LogP contribution is 2.22. The van der Waals surface area contributed by atoms with E-state index in [1.54, 1.807) is 0 Å². The van der Waals surface area contributed by atoms with E-state index in [4.69, 9.17) is 16.1 Å². The number of halogens is 2. The van der Waals surface area contributed by atoms with Crippen LogP contribution in [0.1, 0.15) is 29.7 Å². The summed E-state index contributed by atoms with van der Waals surface area (Å²) >= 11 is 5.84. The number of β-amino-alcohol motifs (C(OH)–C–C–N with tert-alkyl or cyclic N) is 1. The summed E-state index contributed by atoms with van der Waals surface area (Å²) in [6.07, 6.45) is 0.884. The van der Waals surface area contributed by atoms with Gasteiger partial charge in [-0.2, -0.15) is 4.98 Å². The van der Waals surface area contributed by atoms with Gasteiger partial charge < -0.3 is 14.9 Å². The van der Waals surface area contributed by atoms with Gasteiger partial charge in [0, 0.05) is 18.0 Å². The van der Waals surface area contributed by atoms with Crippen molar-refractivity contribution in [3.63, 3.8) is 0 Å². The normalized spacial score (nSPS) is 21.7. The van der Waals surface area contributed by atoms with Gasteiger partial charge in [-0.1, -0.05) is 28.9 Å². The molecule has 2 aromatic rings. The van der Waals surface area contributed by atoms with E-state index >= 15 is 0 Å². The summed E-state index contributed by atoms with van der Waals surface area (Å²) in [4.78, 5) is 4.36. The molecule has 1 saturated heterocycles. The summed E-state index contributed by atoms with van der Waals surface area (Å²) in [5.74, 6) is 1.18. The van der Waals surface area contributed by atoms with Crippen molar-refractivity contribution in [2.75, 3.05) is 6.54 Å². The molecule has 2 atom stereocenters. The van der Waals surface area contributed by atoms with Crippen molar-refractivity contribution in [1.82, 2.24) is 15.5 Å². The van der Waals surface area contributed by atoms with Gasteiger partial charge in [-0.25, -0.2) is 0 Å². The van der Waals surface area contributed by atoms with E-state index in [2.05, 4.69) is 15.5 Å². The first-order valence-electron chi connectivity index (χ1n) is 6.19. The monoisotopic (exact) mass is 315 g/mol. The summed E-state index contributed by atoms with van der Waals surface area (Å²) < 4.78 is 5.23. The second kappa shape index (κ2) is 6.54. The standard InChI is InChI=1S/C13H14ClN3O2.ClH/c14-9-3-1-8(2-4-9)5-12-16-13(19-17-12)11-6-10(18)7-15-11;/h1-4,10-11,15,18H,5-7H2;1H/t10-,11+;/m0./s1. The Morgan fingerprint density at radius 1 is 1.35 bits per heavy atom. The Morgan fingerprint density at radius 2 is 2.10 bits per heavy atom. The Morgan fingerprint density at radius 3 is 2.75 bits per heavy atom. The molecule has 0 spiro atoms. The molecule has 1 aromatic carbocycles. The van der Waals surface area contributed by atoms with Gasteiger partial charge in [0.15, 0.2) is 5.82 Å². The van der Waals surface area contributed by atoms with Gasteiger partial charge in [0.25, 0.3) is 0 Å². The van der Waals surface area contributed by atoms with E-state index in [1.807, 2.05) is 24.3 Å². The van der Waals surface area contributed by atoms with Crippen LogP contribution in [0.5, 0.6) is 0 Å². The van der Waals surface area contributed by atoms with E-state index in [0.717, 1.165) is 5.56 Å². The summed E-state index contributed by atoms with van der Waals surface area (Å²) in [7, 11) is 0. The van der Waals surface area contributed by atoms with E-state index in [1.165, 1.54) is 0 Å². The lowest BCUT2D eigenvalue weighted by Crippen LogP contribution is -2.15.